The van der Waals surface area contributed by atoms with Gasteiger partial charge in [0.1, 0.15) is 0 Å². The summed E-state index contributed by atoms with van der Waals surface area (Å²) in [6, 6.07) is 8.38. The third-order valence-electron chi connectivity index (χ3n) is 2.58. The second-order valence-corrected chi connectivity index (χ2v) is 3.80. The monoisotopic (exact) mass is 206 g/mol. The molecule has 0 saturated heterocycles. The number of ether oxygens (including phenoxy) is 1. The SMILES string of the molecule is CCc1ccc(CC(C)C(=O)OC)cc1. The van der Waals surface area contributed by atoms with Crippen molar-refractivity contribution in [1.29, 1.82) is 0 Å². The topological polar surface area (TPSA) is 26.3 Å². The van der Waals surface area contributed by atoms with Crippen LogP contribution in [0.5, 0.6) is 0 Å². The lowest BCUT2D eigenvalue weighted by molar-refractivity contribution is -0.144. The fourth-order valence-electron chi connectivity index (χ4n) is 1.55. The van der Waals surface area contributed by atoms with E-state index in [0.29, 0.717) is 0 Å². The first-order chi connectivity index (χ1) is 7.17. The molecule has 1 rings (SSSR count). The Morgan fingerprint density at radius 1 is 1.27 bits per heavy atom. The highest BCUT2D eigenvalue weighted by molar-refractivity contribution is 5.72. The molecule has 0 aliphatic heterocycles. The summed E-state index contributed by atoms with van der Waals surface area (Å²) in [7, 11) is 1.43. The second kappa shape index (κ2) is 5.54. The number of aryl methyl sites for hydroxylation is 1. The molecule has 0 aliphatic carbocycles. The molecule has 0 saturated carbocycles. The van der Waals surface area contributed by atoms with E-state index in [9.17, 15) is 4.79 Å². The summed E-state index contributed by atoms with van der Waals surface area (Å²) in [5, 5.41) is 0. The molecule has 2 heteroatoms. The maximum absolute atomic E-state index is 11.2. The van der Waals surface area contributed by atoms with Crippen LogP contribution in [0.4, 0.5) is 0 Å². The molecule has 1 unspecified atom stereocenters. The van der Waals surface area contributed by atoms with Gasteiger partial charge < -0.3 is 4.74 Å². The maximum Gasteiger partial charge on any atom is 0.308 e. The van der Waals surface area contributed by atoms with Crippen molar-refractivity contribution in [1.82, 2.24) is 0 Å². The van der Waals surface area contributed by atoms with Crippen molar-refractivity contribution in [3.63, 3.8) is 0 Å². The van der Waals surface area contributed by atoms with E-state index in [-0.39, 0.29) is 11.9 Å². The van der Waals surface area contributed by atoms with Gasteiger partial charge in [-0.25, -0.2) is 0 Å². The van der Waals surface area contributed by atoms with Gasteiger partial charge in [0.2, 0.25) is 0 Å². The Hall–Kier alpha value is -1.31. The molecule has 0 fully saturated rings. The van der Waals surface area contributed by atoms with Crippen molar-refractivity contribution in [2.45, 2.75) is 26.7 Å². The van der Waals surface area contributed by atoms with Gasteiger partial charge in [0.25, 0.3) is 0 Å². The van der Waals surface area contributed by atoms with Crippen LogP contribution < -0.4 is 0 Å². The smallest absolute Gasteiger partial charge is 0.308 e. The molecule has 0 aliphatic rings. The zero-order valence-corrected chi connectivity index (χ0v) is 9.62. The van der Waals surface area contributed by atoms with E-state index in [1.165, 1.54) is 18.2 Å². The first-order valence-corrected chi connectivity index (χ1v) is 5.33. The largest absolute Gasteiger partial charge is 0.469 e. The molecule has 0 radical (unpaired) electrons. The van der Waals surface area contributed by atoms with Crippen molar-refractivity contribution in [3.05, 3.63) is 35.4 Å². The number of methoxy groups -OCH3 is 1. The highest BCUT2D eigenvalue weighted by Crippen LogP contribution is 2.11. The lowest BCUT2D eigenvalue weighted by Gasteiger charge is -2.09. The number of carbonyl (C=O) groups is 1. The Labute approximate surface area is 91.3 Å². The zero-order valence-electron chi connectivity index (χ0n) is 9.62. The molecular weight excluding hydrogens is 188 g/mol. The molecule has 0 heterocycles. The van der Waals surface area contributed by atoms with Gasteiger partial charge in [-0.3, -0.25) is 4.79 Å². The van der Waals surface area contributed by atoms with Gasteiger partial charge in [-0.15, -0.1) is 0 Å². The zero-order chi connectivity index (χ0) is 11.3. The van der Waals surface area contributed by atoms with Crippen LogP contribution in [0.3, 0.4) is 0 Å². The summed E-state index contributed by atoms with van der Waals surface area (Å²) < 4.78 is 4.69. The van der Waals surface area contributed by atoms with Crippen molar-refractivity contribution in [2.24, 2.45) is 5.92 Å². The molecule has 1 aromatic carbocycles. The normalized spacial score (nSPS) is 12.2. The van der Waals surface area contributed by atoms with Gasteiger partial charge in [-0.2, -0.15) is 0 Å². The third-order valence-corrected chi connectivity index (χ3v) is 2.58. The van der Waals surface area contributed by atoms with Crippen LogP contribution >= 0.6 is 0 Å². The Morgan fingerprint density at radius 3 is 2.27 bits per heavy atom. The minimum absolute atomic E-state index is 0.0672. The van der Waals surface area contributed by atoms with E-state index < -0.39 is 0 Å². The number of hydrogen-bond acceptors (Lipinski definition) is 2. The van der Waals surface area contributed by atoms with Crippen molar-refractivity contribution >= 4 is 5.97 Å². The first kappa shape index (κ1) is 11.8. The second-order valence-electron chi connectivity index (χ2n) is 3.80. The average Bonchev–Trinajstić information content (AvgIpc) is 2.29. The average molecular weight is 206 g/mol. The van der Waals surface area contributed by atoms with Gasteiger partial charge >= 0.3 is 5.97 Å². The summed E-state index contributed by atoms with van der Waals surface area (Å²) in [4.78, 5) is 11.2. The molecule has 0 amide bonds. The lowest BCUT2D eigenvalue weighted by atomic mass is 10.00. The molecule has 0 N–H and O–H groups in total. The van der Waals surface area contributed by atoms with E-state index >= 15 is 0 Å². The van der Waals surface area contributed by atoms with Crippen LogP contribution in [0.15, 0.2) is 24.3 Å². The van der Waals surface area contributed by atoms with Gasteiger partial charge in [0, 0.05) is 0 Å². The summed E-state index contributed by atoms with van der Waals surface area (Å²) >= 11 is 0. The Bertz CT molecular complexity index is 314. The molecular formula is C13H18O2. The van der Waals surface area contributed by atoms with Gasteiger partial charge in [-0.1, -0.05) is 38.1 Å². The highest BCUT2D eigenvalue weighted by Gasteiger charge is 2.13. The fourth-order valence-corrected chi connectivity index (χ4v) is 1.55. The number of carbonyl (C=O) groups excluding carboxylic acids is 1. The minimum atomic E-state index is -0.144. The van der Waals surface area contributed by atoms with Gasteiger partial charge in [0.05, 0.1) is 13.0 Å². The van der Waals surface area contributed by atoms with Gasteiger partial charge in [-0.05, 0) is 24.0 Å². The van der Waals surface area contributed by atoms with Crippen molar-refractivity contribution in [3.8, 4) is 0 Å². The molecule has 0 aromatic heterocycles. The Kier molecular flexibility index (Phi) is 4.35. The minimum Gasteiger partial charge on any atom is -0.469 e. The predicted molar refractivity (Wildman–Crippen MR) is 60.7 cm³/mol. The van der Waals surface area contributed by atoms with Gasteiger partial charge in [0.15, 0.2) is 0 Å². The summed E-state index contributed by atoms with van der Waals surface area (Å²) in [6.07, 6.45) is 1.80. The fraction of sp³-hybridized carbons (Fsp3) is 0.462. The van der Waals surface area contributed by atoms with Crippen LogP contribution in [-0.4, -0.2) is 13.1 Å². The van der Waals surface area contributed by atoms with Crippen molar-refractivity contribution < 1.29 is 9.53 Å². The predicted octanol–water partition coefficient (Wildman–Crippen LogP) is 2.60. The van der Waals surface area contributed by atoms with Crippen LogP contribution in [0, 0.1) is 5.92 Å². The molecule has 2 nitrogen and oxygen atoms in total. The number of hydrogen-bond donors (Lipinski definition) is 0. The van der Waals surface area contributed by atoms with E-state index in [1.807, 2.05) is 6.92 Å². The Balaban J connectivity index is 2.60. The van der Waals surface area contributed by atoms with Crippen LogP contribution in [0.25, 0.3) is 0 Å². The molecule has 0 spiro atoms. The van der Waals surface area contributed by atoms with Crippen molar-refractivity contribution in [2.75, 3.05) is 7.11 Å². The van der Waals surface area contributed by atoms with Crippen LogP contribution in [-0.2, 0) is 22.4 Å². The molecule has 15 heavy (non-hydrogen) atoms. The maximum atomic E-state index is 11.2. The highest BCUT2D eigenvalue weighted by atomic mass is 16.5. The van der Waals surface area contributed by atoms with E-state index in [2.05, 4.69) is 31.2 Å². The molecule has 1 atom stereocenters. The summed E-state index contributed by atoms with van der Waals surface area (Å²) in [5.41, 5.74) is 2.51. The molecule has 82 valence electrons. The van der Waals surface area contributed by atoms with E-state index in [1.54, 1.807) is 0 Å². The molecule has 1 aromatic rings. The number of esters is 1. The van der Waals surface area contributed by atoms with E-state index in [0.717, 1.165) is 12.8 Å². The third kappa shape index (κ3) is 3.39. The Morgan fingerprint density at radius 2 is 1.80 bits per heavy atom. The number of benzene rings is 1. The lowest BCUT2D eigenvalue weighted by Crippen LogP contribution is -2.15. The molecule has 0 bridgehead atoms. The summed E-state index contributed by atoms with van der Waals surface area (Å²) in [5.74, 6) is -0.211. The quantitative estimate of drug-likeness (QED) is 0.708. The standard InChI is InChI=1S/C13H18O2/c1-4-11-5-7-12(8-6-11)9-10(2)13(14)15-3/h5-8,10H,4,9H2,1-3H3. The van der Waals surface area contributed by atoms with Crippen LogP contribution in [0.1, 0.15) is 25.0 Å². The number of rotatable bonds is 4. The first-order valence-electron chi connectivity index (χ1n) is 5.33. The van der Waals surface area contributed by atoms with Crippen LogP contribution in [0.2, 0.25) is 0 Å². The summed E-state index contributed by atoms with van der Waals surface area (Å²) in [6.45, 7) is 4.02. The van der Waals surface area contributed by atoms with E-state index in [4.69, 9.17) is 4.74 Å².